The van der Waals surface area contributed by atoms with Crippen LogP contribution in [0.25, 0.3) is 0 Å². The van der Waals surface area contributed by atoms with E-state index >= 15 is 0 Å². The van der Waals surface area contributed by atoms with Gasteiger partial charge >= 0.3 is 6.09 Å². The van der Waals surface area contributed by atoms with Gasteiger partial charge in [-0.05, 0) is 44.9 Å². The van der Waals surface area contributed by atoms with Crippen molar-refractivity contribution in [1.29, 1.82) is 0 Å². The Kier molecular flexibility index (Phi) is 6.85. The van der Waals surface area contributed by atoms with Crippen LogP contribution in [0, 0.1) is 0 Å². The molecule has 0 atom stereocenters. The summed E-state index contributed by atoms with van der Waals surface area (Å²) in [7, 11) is 0. The van der Waals surface area contributed by atoms with E-state index in [1.807, 2.05) is 45.0 Å². The molecular formula is C15H22BrNO3. The second-order valence-corrected chi connectivity index (χ2v) is 6.15. The number of ether oxygens (including phenoxy) is 2. The van der Waals surface area contributed by atoms with Crippen LogP contribution in [0.2, 0.25) is 0 Å². The topological polar surface area (TPSA) is 47.6 Å². The average molecular weight is 344 g/mol. The highest BCUT2D eigenvalue weighted by Crippen LogP contribution is 2.12. The molecule has 0 heterocycles. The quantitative estimate of drug-likeness (QED) is 0.803. The van der Waals surface area contributed by atoms with Crippen molar-refractivity contribution < 1.29 is 14.3 Å². The van der Waals surface area contributed by atoms with Gasteiger partial charge in [0.05, 0.1) is 6.61 Å². The molecule has 0 bridgehead atoms. The van der Waals surface area contributed by atoms with E-state index in [1.54, 1.807) is 0 Å². The number of amides is 1. The lowest BCUT2D eigenvalue weighted by Crippen LogP contribution is -2.33. The second kappa shape index (κ2) is 8.15. The Morgan fingerprint density at radius 3 is 2.45 bits per heavy atom. The molecule has 1 amide bonds. The molecule has 1 N–H and O–H groups in total. The highest BCUT2D eigenvalue weighted by atomic mass is 79.9. The summed E-state index contributed by atoms with van der Waals surface area (Å²) in [5.74, 6) is 0.855. The minimum Gasteiger partial charge on any atom is -0.493 e. The summed E-state index contributed by atoms with van der Waals surface area (Å²) >= 11 is 3.31. The molecule has 0 unspecified atom stereocenters. The van der Waals surface area contributed by atoms with Gasteiger partial charge in [0.2, 0.25) is 0 Å². The standard InChI is InChI=1S/C15H22BrNO3/c1-15(2,3)20-14(18)17-10-8-12-4-6-13(7-5-12)19-11-9-16/h4-7H,8-11H2,1-3H3,(H,17,18). The molecule has 1 rings (SSSR count). The predicted molar refractivity (Wildman–Crippen MR) is 83.7 cm³/mol. The maximum absolute atomic E-state index is 11.5. The Labute approximate surface area is 129 Å². The van der Waals surface area contributed by atoms with Gasteiger partial charge in [0.25, 0.3) is 0 Å². The van der Waals surface area contributed by atoms with Gasteiger partial charge in [-0.15, -0.1) is 0 Å². The van der Waals surface area contributed by atoms with Gasteiger partial charge in [0.15, 0.2) is 0 Å². The fourth-order valence-electron chi connectivity index (χ4n) is 1.53. The first-order valence-electron chi connectivity index (χ1n) is 6.65. The molecule has 0 aromatic heterocycles. The lowest BCUT2D eigenvalue weighted by molar-refractivity contribution is 0.0528. The molecule has 1 aromatic carbocycles. The summed E-state index contributed by atoms with van der Waals surface area (Å²) in [6.07, 6.45) is 0.382. The monoisotopic (exact) mass is 343 g/mol. The fraction of sp³-hybridized carbons (Fsp3) is 0.533. The van der Waals surface area contributed by atoms with Gasteiger partial charge in [0, 0.05) is 11.9 Å². The first kappa shape index (κ1) is 16.8. The number of alkyl halides is 1. The third-order valence-corrected chi connectivity index (χ3v) is 2.67. The lowest BCUT2D eigenvalue weighted by Gasteiger charge is -2.19. The van der Waals surface area contributed by atoms with Crippen LogP contribution in [0.4, 0.5) is 4.79 Å². The highest BCUT2D eigenvalue weighted by Gasteiger charge is 2.15. The van der Waals surface area contributed by atoms with E-state index in [2.05, 4.69) is 21.2 Å². The van der Waals surface area contributed by atoms with Crippen LogP contribution in [0.1, 0.15) is 26.3 Å². The summed E-state index contributed by atoms with van der Waals surface area (Å²) in [4.78, 5) is 11.5. The van der Waals surface area contributed by atoms with Crippen LogP contribution < -0.4 is 10.1 Å². The third kappa shape index (κ3) is 7.38. The highest BCUT2D eigenvalue weighted by molar-refractivity contribution is 9.09. The van der Waals surface area contributed by atoms with Crippen LogP contribution in [-0.4, -0.2) is 30.2 Å². The average Bonchev–Trinajstić information content (AvgIpc) is 2.35. The zero-order chi connectivity index (χ0) is 15.0. The molecular weight excluding hydrogens is 322 g/mol. The predicted octanol–water partition coefficient (Wildman–Crippen LogP) is 3.53. The molecule has 4 nitrogen and oxygen atoms in total. The molecule has 112 valence electrons. The Balaban J connectivity index is 2.30. The van der Waals surface area contributed by atoms with E-state index in [0.717, 1.165) is 23.1 Å². The van der Waals surface area contributed by atoms with Crippen molar-refractivity contribution in [1.82, 2.24) is 5.32 Å². The molecule has 0 saturated heterocycles. The van der Waals surface area contributed by atoms with Gasteiger partial charge in [-0.25, -0.2) is 4.79 Å². The second-order valence-electron chi connectivity index (χ2n) is 5.36. The fourth-order valence-corrected chi connectivity index (χ4v) is 1.69. The van der Waals surface area contributed by atoms with Crippen LogP contribution in [0.3, 0.4) is 0 Å². The minimum absolute atomic E-state index is 0.380. The molecule has 5 heteroatoms. The summed E-state index contributed by atoms with van der Waals surface area (Å²) in [5, 5.41) is 3.55. The molecule has 20 heavy (non-hydrogen) atoms. The van der Waals surface area contributed by atoms with Crippen molar-refractivity contribution in [3.8, 4) is 5.75 Å². The molecule has 0 aliphatic rings. The van der Waals surface area contributed by atoms with E-state index in [9.17, 15) is 4.79 Å². The van der Waals surface area contributed by atoms with Crippen molar-refractivity contribution in [2.24, 2.45) is 0 Å². The summed E-state index contributed by atoms with van der Waals surface area (Å²) in [6.45, 7) is 6.74. The first-order chi connectivity index (χ1) is 9.40. The smallest absolute Gasteiger partial charge is 0.407 e. The normalized spacial score (nSPS) is 11.0. The van der Waals surface area contributed by atoms with Gasteiger partial charge < -0.3 is 14.8 Å². The third-order valence-electron chi connectivity index (χ3n) is 2.35. The number of halogens is 1. The summed E-state index contributed by atoms with van der Waals surface area (Å²) in [5.41, 5.74) is 0.686. The number of carbonyl (C=O) groups is 1. The number of nitrogens with one attached hydrogen (secondary N) is 1. The van der Waals surface area contributed by atoms with E-state index < -0.39 is 5.60 Å². The molecule has 0 fully saturated rings. The molecule has 0 spiro atoms. The van der Waals surface area contributed by atoms with E-state index in [4.69, 9.17) is 9.47 Å². The Hall–Kier alpha value is -1.23. The van der Waals surface area contributed by atoms with Crippen molar-refractivity contribution >= 4 is 22.0 Å². The molecule has 0 radical (unpaired) electrons. The van der Waals surface area contributed by atoms with Crippen molar-refractivity contribution in [2.45, 2.75) is 32.8 Å². The molecule has 0 aliphatic heterocycles. The maximum atomic E-state index is 11.5. The first-order valence-corrected chi connectivity index (χ1v) is 7.77. The van der Waals surface area contributed by atoms with Crippen molar-refractivity contribution in [2.75, 3.05) is 18.5 Å². The summed E-state index contributed by atoms with van der Waals surface area (Å²) < 4.78 is 10.6. The SMILES string of the molecule is CC(C)(C)OC(=O)NCCc1ccc(OCCBr)cc1. The van der Waals surface area contributed by atoms with E-state index in [-0.39, 0.29) is 6.09 Å². The Morgan fingerprint density at radius 2 is 1.90 bits per heavy atom. The number of hydrogen-bond acceptors (Lipinski definition) is 3. The zero-order valence-electron chi connectivity index (χ0n) is 12.2. The molecule has 0 aliphatic carbocycles. The number of carbonyl (C=O) groups excluding carboxylic acids is 1. The number of alkyl carbamates (subject to hydrolysis) is 1. The van der Waals surface area contributed by atoms with E-state index in [1.165, 1.54) is 0 Å². The van der Waals surface area contributed by atoms with Gasteiger partial charge in [0.1, 0.15) is 11.4 Å². The van der Waals surface area contributed by atoms with Gasteiger partial charge in [-0.1, -0.05) is 28.1 Å². The molecule has 0 saturated carbocycles. The van der Waals surface area contributed by atoms with Crippen LogP contribution in [-0.2, 0) is 11.2 Å². The van der Waals surface area contributed by atoms with Gasteiger partial charge in [-0.2, -0.15) is 0 Å². The van der Waals surface area contributed by atoms with Crippen LogP contribution in [0.15, 0.2) is 24.3 Å². The largest absolute Gasteiger partial charge is 0.493 e. The Morgan fingerprint density at radius 1 is 1.25 bits per heavy atom. The summed E-state index contributed by atoms with van der Waals surface area (Å²) in [6, 6.07) is 7.87. The van der Waals surface area contributed by atoms with Crippen molar-refractivity contribution in [3.63, 3.8) is 0 Å². The van der Waals surface area contributed by atoms with Crippen molar-refractivity contribution in [3.05, 3.63) is 29.8 Å². The number of hydrogen-bond donors (Lipinski definition) is 1. The minimum atomic E-state index is -0.460. The number of rotatable bonds is 6. The molecule has 1 aromatic rings. The van der Waals surface area contributed by atoms with E-state index in [0.29, 0.717) is 13.2 Å². The Bertz CT molecular complexity index is 412. The lowest BCUT2D eigenvalue weighted by atomic mass is 10.1. The van der Waals surface area contributed by atoms with Crippen LogP contribution in [0.5, 0.6) is 5.75 Å². The maximum Gasteiger partial charge on any atom is 0.407 e. The zero-order valence-corrected chi connectivity index (χ0v) is 13.8. The van der Waals surface area contributed by atoms with Gasteiger partial charge in [-0.3, -0.25) is 0 Å². The number of benzene rings is 1. The van der Waals surface area contributed by atoms with Crippen LogP contribution >= 0.6 is 15.9 Å².